The molecule has 0 saturated heterocycles. The van der Waals surface area contributed by atoms with E-state index in [9.17, 15) is 9.59 Å². The van der Waals surface area contributed by atoms with Crippen LogP contribution in [0.25, 0.3) is 0 Å². The van der Waals surface area contributed by atoms with E-state index in [4.69, 9.17) is 10.8 Å². The summed E-state index contributed by atoms with van der Waals surface area (Å²) in [6.45, 7) is 3.25. The lowest BCUT2D eigenvalue weighted by atomic mass is 10.3. The van der Waals surface area contributed by atoms with Gasteiger partial charge in [-0.15, -0.1) is 0 Å². The van der Waals surface area contributed by atoms with Crippen LogP contribution in [0, 0.1) is 0 Å². The molecule has 0 aromatic rings. The number of amides is 2. The largest absolute Gasteiger partial charge is 0.396 e. The van der Waals surface area contributed by atoms with Crippen LogP contribution < -0.4 is 5.73 Å². The molecule has 0 saturated carbocycles. The number of hydrogen-bond acceptors (Lipinski definition) is 4. The molecular formula is C10H20N2O3S. The zero-order valence-corrected chi connectivity index (χ0v) is 10.5. The first-order chi connectivity index (χ1) is 7.61. The van der Waals surface area contributed by atoms with Crippen molar-refractivity contribution in [3.8, 4) is 0 Å². The van der Waals surface area contributed by atoms with Gasteiger partial charge in [-0.2, -0.15) is 11.8 Å². The van der Waals surface area contributed by atoms with Crippen LogP contribution >= 0.6 is 11.8 Å². The third-order valence-corrected chi connectivity index (χ3v) is 3.01. The second kappa shape index (κ2) is 9.47. The van der Waals surface area contributed by atoms with E-state index in [1.54, 1.807) is 4.90 Å². The number of aliphatic hydroxyl groups excluding tert-OH is 1. The Labute approximate surface area is 100 Å². The Hall–Kier alpha value is -0.750. The zero-order valence-electron chi connectivity index (χ0n) is 9.65. The quantitative estimate of drug-likeness (QED) is 0.555. The molecule has 3 N–H and O–H groups in total. The Bertz CT molecular complexity index is 224. The molecule has 94 valence electrons. The van der Waals surface area contributed by atoms with Crippen LogP contribution in [-0.2, 0) is 9.59 Å². The Morgan fingerprint density at radius 1 is 1.44 bits per heavy atom. The fraction of sp³-hybridized carbons (Fsp3) is 0.800. The molecule has 0 fully saturated rings. The molecule has 0 spiro atoms. The lowest BCUT2D eigenvalue weighted by molar-refractivity contribution is -0.130. The van der Waals surface area contributed by atoms with Crippen molar-refractivity contribution in [1.82, 2.24) is 4.90 Å². The highest BCUT2D eigenvalue weighted by Crippen LogP contribution is 2.04. The van der Waals surface area contributed by atoms with Gasteiger partial charge < -0.3 is 15.7 Å². The van der Waals surface area contributed by atoms with Crippen molar-refractivity contribution in [2.45, 2.75) is 19.8 Å². The Morgan fingerprint density at radius 3 is 2.62 bits per heavy atom. The maximum Gasteiger partial charge on any atom is 0.227 e. The second-order valence-electron chi connectivity index (χ2n) is 3.32. The fourth-order valence-corrected chi connectivity index (χ4v) is 1.88. The summed E-state index contributed by atoms with van der Waals surface area (Å²) in [5.41, 5.74) is 4.98. The summed E-state index contributed by atoms with van der Waals surface area (Å²) >= 11 is 1.37. The van der Waals surface area contributed by atoms with Gasteiger partial charge in [-0.3, -0.25) is 9.59 Å². The molecule has 0 radical (unpaired) electrons. The number of nitrogens with two attached hydrogens (primary N) is 1. The first-order valence-electron chi connectivity index (χ1n) is 5.36. The second-order valence-corrected chi connectivity index (χ2v) is 4.42. The third-order valence-electron chi connectivity index (χ3n) is 2.03. The smallest absolute Gasteiger partial charge is 0.227 e. The van der Waals surface area contributed by atoms with Crippen molar-refractivity contribution in [3.05, 3.63) is 0 Å². The van der Waals surface area contributed by atoms with Crippen LogP contribution in [0.2, 0.25) is 0 Å². The van der Waals surface area contributed by atoms with Crippen molar-refractivity contribution in [2.75, 3.05) is 31.2 Å². The molecule has 16 heavy (non-hydrogen) atoms. The van der Waals surface area contributed by atoms with Gasteiger partial charge >= 0.3 is 0 Å². The Morgan fingerprint density at radius 2 is 2.12 bits per heavy atom. The summed E-state index contributed by atoms with van der Waals surface area (Å²) in [5.74, 6) is 0.575. The number of thioether (sulfide) groups is 1. The fourth-order valence-electron chi connectivity index (χ4n) is 1.21. The van der Waals surface area contributed by atoms with Crippen LogP contribution in [0.4, 0.5) is 0 Å². The molecule has 0 bridgehead atoms. The van der Waals surface area contributed by atoms with E-state index in [1.807, 2.05) is 6.92 Å². The topological polar surface area (TPSA) is 83.6 Å². The van der Waals surface area contributed by atoms with Crippen LogP contribution in [0.5, 0.6) is 0 Å². The molecule has 0 heterocycles. The minimum atomic E-state index is -0.356. The molecule has 0 aromatic carbocycles. The molecule has 0 aromatic heterocycles. The van der Waals surface area contributed by atoms with Gasteiger partial charge in [0.15, 0.2) is 0 Å². The number of carbonyl (C=O) groups is 2. The predicted octanol–water partition coefficient (Wildman–Crippen LogP) is -0.174. The van der Waals surface area contributed by atoms with E-state index in [2.05, 4.69) is 0 Å². The Balaban J connectivity index is 3.70. The molecule has 6 heteroatoms. The summed E-state index contributed by atoms with van der Waals surface area (Å²) in [4.78, 5) is 23.8. The van der Waals surface area contributed by atoms with Gasteiger partial charge in [0.25, 0.3) is 0 Å². The first-order valence-corrected chi connectivity index (χ1v) is 6.52. The number of aliphatic hydroxyl groups is 1. The third kappa shape index (κ3) is 7.53. The van der Waals surface area contributed by atoms with Crippen molar-refractivity contribution < 1.29 is 14.7 Å². The summed E-state index contributed by atoms with van der Waals surface area (Å²) < 4.78 is 0. The molecule has 5 nitrogen and oxygen atoms in total. The standard InChI is InChI=1S/C10H20N2O3S/c1-2-12(5-3-6-13)10(15)4-7-16-8-9(11)14/h13H,2-8H2,1H3,(H2,11,14). The summed E-state index contributed by atoms with van der Waals surface area (Å²) in [5, 5.41) is 8.67. The average Bonchev–Trinajstić information content (AvgIpc) is 2.25. The van der Waals surface area contributed by atoms with Gasteiger partial charge in [-0.05, 0) is 13.3 Å². The van der Waals surface area contributed by atoms with Crippen LogP contribution in [0.15, 0.2) is 0 Å². The van der Waals surface area contributed by atoms with E-state index < -0.39 is 0 Å². The van der Waals surface area contributed by atoms with Gasteiger partial charge in [0.2, 0.25) is 11.8 Å². The SMILES string of the molecule is CCN(CCCO)C(=O)CCSCC(N)=O. The van der Waals surface area contributed by atoms with Crippen molar-refractivity contribution in [3.63, 3.8) is 0 Å². The minimum absolute atomic E-state index is 0.0629. The Kier molecular flexibility index (Phi) is 9.03. The first kappa shape index (κ1) is 15.2. The van der Waals surface area contributed by atoms with Crippen molar-refractivity contribution >= 4 is 23.6 Å². The van der Waals surface area contributed by atoms with Gasteiger partial charge in [-0.1, -0.05) is 0 Å². The normalized spacial score (nSPS) is 10.1. The molecule has 0 unspecified atom stereocenters. The van der Waals surface area contributed by atoms with E-state index >= 15 is 0 Å². The average molecular weight is 248 g/mol. The van der Waals surface area contributed by atoms with Crippen LogP contribution in [0.1, 0.15) is 19.8 Å². The number of hydrogen-bond donors (Lipinski definition) is 2. The maximum atomic E-state index is 11.6. The van der Waals surface area contributed by atoms with E-state index in [-0.39, 0.29) is 24.2 Å². The van der Waals surface area contributed by atoms with Crippen molar-refractivity contribution in [2.24, 2.45) is 5.73 Å². The summed E-state index contributed by atoms with van der Waals surface area (Å²) in [7, 11) is 0. The molecule has 0 aliphatic rings. The number of rotatable bonds is 9. The summed E-state index contributed by atoms with van der Waals surface area (Å²) in [6.07, 6.45) is 1.02. The van der Waals surface area contributed by atoms with Crippen molar-refractivity contribution in [1.29, 1.82) is 0 Å². The number of primary amides is 1. The van der Waals surface area contributed by atoms with Gasteiger partial charge in [0, 0.05) is 31.9 Å². The lowest BCUT2D eigenvalue weighted by Crippen LogP contribution is -2.32. The zero-order chi connectivity index (χ0) is 12.4. The molecule has 2 amide bonds. The molecular weight excluding hydrogens is 228 g/mol. The van der Waals surface area contributed by atoms with Gasteiger partial charge in [0.05, 0.1) is 5.75 Å². The molecule has 0 aliphatic carbocycles. The molecule has 0 atom stereocenters. The monoisotopic (exact) mass is 248 g/mol. The highest BCUT2D eigenvalue weighted by atomic mass is 32.2. The summed E-state index contributed by atoms with van der Waals surface area (Å²) in [6, 6.07) is 0. The van der Waals surface area contributed by atoms with Crippen LogP contribution in [-0.4, -0.2) is 53.0 Å². The number of carbonyl (C=O) groups excluding carboxylic acids is 2. The highest BCUT2D eigenvalue weighted by Gasteiger charge is 2.10. The van der Waals surface area contributed by atoms with Gasteiger partial charge in [0.1, 0.15) is 0 Å². The maximum absolute atomic E-state index is 11.6. The lowest BCUT2D eigenvalue weighted by Gasteiger charge is -2.20. The van der Waals surface area contributed by atoms with E-state index in [0.717, 1.165) is 0 Å². The van der Waals surface area contributed by atoms with E-state index in [0.29, 0.717) is 31.7 Å². The predicted molar refractivity (Wildman–Crippen MR) is 65.1 cm³/mol. The van der Waals surface area contributed by atoms with Crippen LogP contribution in [0.3, 0.4) is 0 Å². The highest BCUT2D eigenvalue weighted by molar-refractivity contribution is 7.99. The van der Waals surface area contributed by atoms with Gasteiger partial charge in [-0.25, -0.2) is 0 Å². The number of nitrogens with zero attached hydrogens (tertiary/aromatic N) is 1. The molecule has 0 aliphatic heterocycles. The minimum Gasteiger partial charge on any atom is -0.396 e. The van der Waals surface area contributed by atoms with E-state index in [1.165, 1.54) is 11.8 Å². The molecule has 0 rings (SSSR count).